The Hall–Kier alpha value is -2.53. The molecule has 0 radical (unpaired) electrons. The fourth-order valence-corrected chi connectivity index (χ4v) is 1.81. The fraction of sp³-hybridized carbons (Fsp3) is 0.438. The highest BCUT2D eigenvalue weighted by atomic mass is 16.5. The average Bonchev–Trinajstić information content (AvgIpc) is 2.46. The summed E-state index contributed by atoms with van der Waals surface area (Å²) < 4.78 is 5.50. The number of ether oxygens (including phenoxy) is 1. The van der Waals surface area contributed by atoms with Crippen molar-refractivity contribution in [3.63, 3.8) is 0 Å². The molecule has 21 heavy (non-hydrogen) atoms. The van der Waals surface area contributed by atoms with E-state index in [1.165, 1.54) is 0 Å². The fourth-order valence-electron chi connectivity index (χ4n) is 1.81. The number of para-hydroxylation sites is 1. The van der Waals surface area contributed by atoms with Crippen LogP contribution in [0.3, 0.4) is 0 Å². The van der Waals surface area contributed by atoms with Crippen LogP contribution in [-0.4, -0.2) is 18.1 Å². The van der Waals surface area contributed by atoms with E-state index in [0.717, 1.165) is 0 Å². The van der Waals surface area contributed by atoms with E-state index in [1.807, 2.05) is 19.9 Å². The molecular formula is C16H19N3O2. The van der Waals surface area contributed by atoms with Crippen LogP contribution in [0.15, 0.2) is 24.3 Å². The van der Waals surface area contributed by atoms with Gasteiger partial charge in [0.2, 0.25) is 0 Å². The summed E-state index contributed by atoms with van der Waals surface area (Å²) in [6, 6.07) is 10.3. The number of carbonyl (C=O) groups excluding carboxylic acids is 1. The molecule has 0 unspecified atom stereocenters. The number of hydrogen-bond donors (Lipinski definition) is 1. The van der Waals surface area contributed by atoms with Crippen LogP contribution in [0.1, 0.15) is 32.8 Å². The number of rotatable bonds is 6. The van der Waals surface area contributed by atoms with E-state index >= 15 is 0 Å². The van der Waals surface area contributed by atoms with E-state index in [-0.39, 0.29) is 5.91 Å². The molecule has 5 heteroatoms. The first kappa shape index (κ1) is 16.5. The molecule has 0 saturated heterocycles. The largest absolute Gasteiger partial charge is 0.480 e. The monoisotopic (exact) mass is 285 g/mol. The zero-order valence-electron chi connectivity index (χ0n) is 12.5. The number of benzene rings is 1. The molecule has 0 aliphatic heterocycles. The molecule has 0 spiro atoms. The molecular weight excluding hydrogens is 266 g/mol. The molecule has 0 heterocycles. The van der Waals surface area contributed by atoms with Crippen LogP contribution < -0.4 is 10.1 Å². The van der Waals surface area contributed by atoms with E-state index < -0.39 is 12.1 Å². The number of amides is 1. The Morgan fingerprint density at radius 2 is 1.95 bits per heavy atom. The molecule has 2 atom stereocenters. The topological polar surface area (TPSA) is 85.9 Å². The van der Waals surface area contributed by atoms with Gasteiger partial charge in [-0.1, -0.05) is 26.0 Å². The van der Waals surface area contributed by atoms with E-state index in [2.05, 4.69) is 11.4 Å². The van der Waals surface area contributed by atoms with Gasteiger partial charge in [-0.25, -0.2) is 0 Å². The normalized spacial score (nSPS) is 12.9. The molecule has 110 valence electrons. The van der Waals surface area contributed by atoms with Crippen LogP contribution >= 0.6 is 0 Å². The van der Waals surface area contributed by atoms with E-state index in [1.54, 1.807) is 31.2 Å². The van der Waals surface area contributed by atoms with Crippen molar-refractivity contribution in [2.75, 3.05) is 0 Å². The molecule has 1 aromatic carbocycles. The van der Waals surface area contributed by atoms with Crippen LogP contribution in [0, 0.1) is 28.6 Å². The Bertz CT molecular complexity index is 570. The van der Waals surface area contributed by atoms with Crippen molar-refractivity contribution < 1.29 is 9.53 Å². The Balaban J connectivity index is 2.67. The van der Waals surface area contributed by atoms with E-state index in [9.17, 15) is 4.79 Å². The van der Waals surface area contributed by atoms with Crippen LogP contribution in [0.2, 0.25) is 0 Å². The van der Waals surface area contributed by atoms with Crippen molar-refractivity contribution in [1.82, 2.24) is 5.32 Å². The molecule has 1 aromatic rings. The second-order valence-electron chi connectivity index (χ2n) is 5.19. The van der Waals surface area contributed by atoms with Gasteiger partial charge in [-0.3, -0.25) is 4.79 Å². The molecule has 0 aliphatic rings. The maximum Gasteiger partial charge on any atom is 0.261 e. The van der Waals surface area contributed by atoms with Crippen LogP contribution in [-0.2, 0) is 4.79 Å². The Kier molecular flexibility index (Phi) is 6.23. The van der Waals surface area contributed by atoms with Gasteiger partial charge in [0, 0.05) is 0 Å². The third-order valence-corrected chi connectivity index (χ3v) is 2.86. The predicted molar refractivity (Wildman–Crippen MR) is 78.2 cm³/mol. The molecule has 0 aliphatic carbocycles. The first-order valence-electron chi connectivity index (χ1n) is 6.83. The van der Waals surface area contributed by atoms with Gasteiger partial charge >= 0.3 is 0 Å². The summed E-state index contributed by atoms with van der Waals surface area (Å²) >= 11 is 0. The van der Waals surface area contributed by atoms with Crippen LogP contribution in [0.5, 0.6) is 5.75 Å². The number of nitrogens with one attached hydrogen (secondary N) is 1. The van der Waals surface area contributed by atoms with Gasteiger partial charge in [-0.05, 0) is 31.4 Å². The maximum absolute atomic E-state index is 12.0. The van der Waals surface area contributed by atoms with E-state index in [0.29, 0.717) is 23.7 Å². The van der Waals surface area contributed by atoms with Gasteiger partial charge in [0.15, 0.2) is 6.10 Å². The first-order valence-corrected chi connectivity index (χ1v) is 6.83. The summed E-state index contributed by atoms with van der Waals surface area (Å²) in [5.74, 6) is 0.306. The quantitative estimate of drug-likeness (QED) is 0.869. The molecule has 0 aromatic heterocycles. The molecule has 0 saturated carbocycles. The van der Waals surface area contributed by atoms with Crippen LogP contribution in [0.4, 0.5) is 0 Å². The van der Waals surface area contributed by atoms with Crippen LogP contribution in [0.25, 0.3) is 0 Å². The Morgan fingerprint density at radius 1 is 1.29 bits per heavy atom. The number of carbonyl (C=O) groups is 1. The standard InChI is InChI=1S/C16H19N3O2/c1-11(2)8-14(10-18)19-16(20)12(3)21-15-7-5-4-6-13(15)9-17/h4-7,11-12,14H,8H2,1-3H3,(H,19,20)/t12-,14-/m1/s1. The van der Waals surface area contributed by atoms with Gasteiger partial charge in [-0.15, -0.1) is 0 Å². The molecule has 1 amide bonds. The molecule has 0 bridgehead atoms. The lowest BCUT2D eigenvalue weighted by Gasteiger charge is -2.18. The summed E-state index contributed by atoms with van der Waals surface area (Å²) in [6.45, 7) is 5.56. The zero-order valence-corrected chi connectivity index (χ0v) is 12.5. The van der Waals surface area contributed by atoms with Gasteiger partial charge < -0.3 is 10.1 Å². The SMILES string of the molecule is CC(C)C[C@H](C#N)NC(=O)[C@@H](C)Oc1ccccc1C#N. The summed E-state index contributed by atoms with van der Waals surface area (Å²) in [6.07, 6.45) is -0.188. The highest BCUT2D eigenvalue weighted by molar-refractivity contribution is 5.81. The van der Waals surface area contributed by atoms with Crippen molar-refractivity contribution >= 4 is 5.91 Å². The minimum atomic E-state index is -0.775. The molecule has 5 nitrogen and oxygen atoms in total. The lowest BCUT2D eigenvalue weighted by Crippen LogP contribution is -2.42. The number of nitriles is 2. The van der Waals surface area contributed by atoms with Crippen molar-refractivity contribution in [3.8, 4) is 17.9 Å². The van der Waals surface area contributed by atoms with Crippen molar-refractivity contribution in [2.24, 2.45) is 5.92 Å². The highest BCUT2D eigenvalue weighted by Crippen LogP contribution is 2.18. The van der Waals surface area contributed by atoms with Crippen molar-refractivity contribution in [1.29, 1.82) is 10.5 Å². The van der Waals surface area contributed by atoms with Gasteiger partial charge in [0.1, 0.15) is 17.9 Å². The van der Waals surface area contributed by atoms with Gasteiger partial charge in [0.25, 0.3) is 5.91 Å². The van der Waals surface area contributed by atoms with E-state index in [4.69, 9.17) is 15.3 Å². The highest BCUT2D eigenvalue weighted by Gasteiger charge is 2.20. The second-order valence-corrected chi connectivity index (χ2v) is 5.19. The Labute approximate surface area is 125 Å². The van der Waals surface area contributed by atoms with Gasteiger partial charge in [0.05, 0.1) is 11.6 Å². The smallest absolute Gasteiger partial charge is 0.261 e. The third kappa shape index (κ3) is 5.16. The third-order valence-electron chi connectivity index (χ3n) is 2.86. The minimum absolute atomic E-state index is 0.311. The number of hydrogen-bond acceptors (Lipinski definition) is 4. The van der Waals surface area contributed by atoms with Crippen molar-refractivity contribution in [2.45, 2.75) is 39.3 Å². The average molecular weight is 285 g/mol. The lowest BCUT2D eigenvalue weighted by molar-refractivity contribution is -0.127. The summed E-state index contributed by atoms with van der Waals surface area (Å²) in [7, 11) is 0. The molecule has 1 rings (SSSR count). The minimum Gasteiger partial charge on any atom is -0.480 e. The first-order chi connectivity index (χ1) is 9.97. The molecule has 1 N–H and O–H groups in total. The predicted octanol–water partition coefficient (Wildman–Crippen LogP) is 2.38. The number of nitrogens with zero attached hydrogens (tertiary/aromatic N) is 2. The van der Waals surface area contributed by atoms with Gasteiger partial charge in [-0.2, -0.15) is 10.5 Å². The maximum atomic E-state index is 12.0. The van der Waals surface area contributed by atoms with Crippen molar-refractivity contribution in [3.05, 3.63) is 29.8 Å². The lowest BCUT2D eigenvalue weighted by atomic mass is 10.0. The molecule has 0 fully saturated rings. The Morgan fingerprint density at radius 3 is 2.52 bits per heavy atom. The zero-order chi connectivity index (χ0) is 15.8. The summed E-state index contributed by atoms with van der Waals surface area (Å²) in [5.41, 5.74) is 0.371. The summed E-state index contributed by atoms with van der Waals surface area (Å²) in [5, 5.41) is 20.7. The summed E-state index contributed by atoms with van der Waals surface area (Å²) in [4.78, 5) is 12.0. The second kappa shape index (κ2) is 7.91.